The molecule has 0 heterocycles. The first kappa shape index (κ1) is 12.8. The monoisotopic (exact) mass is 227 g/mol. The number of halogens is 1. The SMILES string of the molecule is CC(C)(O)C(C)(C)Oc1ccc(N)c(F)c1. The summed E-state index contributed by atoms with van der Waals surface area (Å²) in [7, 11) is 0. The van der Waals surface area contributed by atoms with E-state index in [2.05, 4.69) is 0 Å². The van der Waals surface area contributed by atoms with Crippen LogP contribution >= 0.6 is 0 Å². The van der Waals surface area contributed by atoms with Crippen LogP contribution in [0, 0.1) is 5.82 Å². The molecule has 1 aromatic carbocycles. The minimum absolute atomic E-state index is 0.0772. The Labute approximate surface area is 95.0 Å². The normalized spacial score (nSPS) is 12.6. The van der Waals surface area contributed by atoms with Crippen LogP contribution in [-0.4, -0.2) is 16.3 Å². The molecular formula is C12H18FNO2. The van der Waals surface area contributed by atoms with E-state index in [-0.39, 0.29) is 5.69 Å². The molecule has 1 rings (SSSR count). The fraction of sp³-hybridized carbons (Fsp3) is 0.500. The molecule has 0 fully saturated rings. The molecule has 3 nitrogen and oxygen atoms in total. The maximum Gasteiger partial charge on any atom is 0.149 e. The highest BCUT2D eigenvalue weighted by atomic mass is 19.1. The molecule has 1 aromatic rings. The molecule has 0 saturated heterocycles. The molecule has 0 saturated carbocycles. The fourth-order valence-corrected chi connectivity index (χ4v) is 0.991. The van der Waals surface area contributed by atoms with Crippen LogP contribution in [0.1, 0.15) is 27.7 Å². The van der Waals surface area contributed by atoms with Crippen molar-refractivity contribution in [2.24, 2.45) is 0 Å². The minimum atomic E-state index is -1.04. The smallest absolute Gasteiger partial charge is 0.149 e. The van der Waals surface area contributed by atoms with Crippen molar-refractivity contribution in [1.82, 2.24) is 0 Å². The van der Waals surface area contributed by atoms with Gasteiger partial charge < -0.3 is 15.6 Å². The van der Waals surface area contributed by atoms with Crippen LogP contribution in [0.3, 0.4) is 0 Å². The average molecular weight is 227 g/mol. The quantitative estimate of drug-likeness (QED) is 0.779. The summed E-state index contributed by atoms with van der Waals surface area (Å²) in [6, 6.07) is 4.22. The molecule has 0 aliphatic heterocycles. The molecule has 4 heteroatoms. The molecule has 0 aliphatic rings. The number of benzene rings is 1. The van der Waals surface area contributed by atoms with Gasteiger partial charge in [0, 0.05) is 6.07 Å². The summed E-state index contributed by atoms with van der Waals surface area (Å²) < 4.78 is 18.7. The molecule has 3 N–H and O–H groups in total. The summed E-state index contributed by atoms with van der Waals surface area (Å²) in [6.07, 6.45) is 0. The summed E-state index contributed by atoms with van der Waals surface area (Å²) in [5.41, 5.74) is 3.57. The van der Waals surface area contributed by atoms with Gasteiger partial charge in [-0.25, -0.2) is 4.39 Å². The minimum Gasteiger partial charge on any atom is -0.485 e. The Morgan fingerprint density at radius 2 is 1.81 bits per heavy atom. The van der Waals surface area contributed by atoms with Gasteiger partial charge in [0.25, 0.3) is 0 Å². The topological polar surface area (TPSA) is 55.5 Å². The third-order valence-corrected chi connectivity index (χ3v) is 2.82. The van der Waals surface area contributed by atoms with Gasteiger partial charge in [0.1, 0.15) is 17.2 Å². The second-order valence-corrected chi connectivity index (χ2v) is 4.85. The number of hydrogen-bond acceptors (Lipinski definition) is 3. The Morgan fingerprint density at radius 3 is 2.25 bits per heavy atom. The Hall–Kier alpha value is -1.29. The average Bonchev–Trinajstić information content (AvgIpc) is 2.09. The van der Waals surface area contributed by atoms with Gasteiger partial charge in [-0.2, -0.15) is 0 Å². The van der Waals surface area contributed by atoms with Crippen LogP contribution in [0.25, 0.3) is 0 Å². The van der Waals surface area contributed by atoms with Gasteiger partial charge in [0.15, 0.2) is 0 Å². The van der Waals surface area contributed by atoms with Crippen LogP contribution < -0.4 is 10.5 Å². The second-order valence-electron chi connectivity index (χ2n) is 4.85. The van der Waals surface area contributed by atoms with Gasteiger partial charge in [-0.05, 0) is 39.8 Å². The van der Waals surface area contributed by atoms with Crippen LogP contribution in [0.2, 0.25) is 0 Å². The van der Waals surface area contributed by atoms with Crippen molar-refractivity contribution < 1.29 is 14.2 Å². The number of aliphatic hydroxyl groups is 1. The van der Waals surface area contributed by atoms with Gasteiger partial charge in [-0.3, -0.25) is 0 Å². The fourth-order valence-electron chi connectivity index (χ4n) is 0.991. The summed E-state index contributed by atoms with van der Waals surface area (Å²) in [6.45, 7) is 6.75. The van der Waals surface area contributed by atoms with Crippen LogP contribution in [0.5, 0.6) is 5.75 Å². The maximum absolute atomic E-state index is 13.2. The van der Waals surface area contributed by atoms with Crippen molar-refractivity contribution in [2.45, 2.75) is 38.9 Å². The number of anilines is 1. The van der Waals surface area contributed by atoms with E-state index in [1.165, 1.54) is 12.1 Å². The van der Waals surface area contributed by atoms with Gasteiger partial charge in [0.05, 0.1) is 11.3 Å². The molecule has 90 valence electrons. The third kappa shape index (κ3) is 2.64. The predicted molar refractivity (Wildman–Crippen MR) is 61.8 cm³/mol. The largest absolute Gasteiger partial charge is 0.485 e. The highest BCUT2D eigenvalue weighted by Crippen LogP contribution is 2.29. The van der Waals surface area contributed by atoms with E-state index in [0.29, 0.717) is 5.75 Å². The molecule has 0 bridgehead atoms. The van der Waals surface area contributed by atoms with Gasteiger partial charge in [0.2, 0.25) is 0 Å². The lowest BCUT2D eigenvalue weighted by Gasteiger charge is -2.37. The molecule has 0 spiro atoms. The number of nitrogen functional groups attached to an aromatic ring is 1. The van der Waals surface area contributed by atoms with E-state index in [4.69, 9.17) is 10.5 Å². The van der Waals surface area contributed by atoms with Crippen LogP contribution in [-0.2, 0) is 0 Å². The lowest BCUT2D eigenvalue weighted by Crippen LogP contribution is -2.49. The Morgan fingerprint density at radius 1 is 1.25 bits per heavy atom. The Balaban J connectivity index is 2.93. The number of nitrogens with two attached hydrogens (primary N) is 1. The molecule has 0 aromatic heterocycles. The first-order valence-corrected chi connectivity index (χ1v) is 5.10. The summed E-state index contributed by atoms with van der Waals surface area (Å²) >= 11 is 0. The first-order valence-electron chi connectivity index (χ1n) is 5.10. The zero-order valence-electron chi connectivity index (χ0n) is 10.0. The van der Waals surface area contributed by atoms with Crippen molar-refractivity contribution in [1.29, 1.82) is 0 Å². The van der Waals surface area contributed by atoms with Crippen LogP contribution in [0.15, 0.2) is 18.2 Å². The summed E-state index contributed by atoms with van der Waals surface area (Å²) in [5, 5.41) is 9.89. The number of rotatable bonds is 3. The van der Waals surface area contributed by atoms with Gasteiger partial charge >= 0.3 is 0 Å². The summed E-state index contributed by atoms with van der Waals surface area (Å²) in [5.74, 6) is -0.178. The van der Waals surface area contributed by atoms with Crippen LogP contribution in [0.4, 0.5) is 10.1 Å². The van der Waals surface area contributed by atoms with E-state index in [1.54, 1.807) is 33.8 Å². The van der Waals surface area contributed by atoms with Gasteiger partial charge in [-0.15, -0.1) is 0 Å². The van der Waals surface area contributed by atoms with Crippen molar-refractivity contribution in [3.05, 3.63) is 24.0 Å². The molecule has 0 amide bonds. The van der Waals surface area contributed by atoms with Crippen molar-refractivity contribution in [3.8, 4) is 5.75 Å². The van der Waals surface area contributed by atoms with E-state index in [0.717, 1.165) is 0 Å². The first-order chi connectivity index (χ1) is 7.13. The van der Waals surface area contributed by atoms with Crippen molar-refractivity contribution in [2.75, 3.05) is 5.73 Å². The Bertz CT molecular complexity index is 383. The van der Waals surface area contributed by atoms with Gasteiger partial charge in [-0.1, -0.05) is 0 Å². The third-order valence-electron chi connectivity index (χ3n) is 2.82. The highest BCUT2D eigenvalue weighted by Gasteiger charge is 2.37. The van der Waals surface area contributed by atoms with E-state index >= 15 is 0 Å². The number of ether oxygens (including phenoxy) is 1. The highest BCUT2D eigenvalue weighted by molar-refractivity contribution is 5.43. The Kier molecular flexibility index (Phi) is 3.15. The molecule has 0 radical (unpaired) electrons. The van der Waals surface area contributed by atoms with E-state index in [1.807, 2.05) is 0 Å². The summed E-state index contributed by atoms with van der Waals surface area (Å²) in [4.78, 5) is 0. The van der Waals surface area contributed by atoms with Crippen molar-refractivity contribution in [3.63, 3.8) is 0 Å². The van der Waals surface area contributed by atoms with E-state index in [9.17, 15) is 9.50 Å². The molecule has 0 atom stereocenters. The zero-order chi connectivity index (χ0) is 12.6. The predicted octanol–water partition coefficient (Wildman–Crippen LogP) is 2.34. The standard InChI is InChI=1S/C12H18FNO2/c1-11(2,15)12(3,4)16-8-5-6-10(14)9(13)7-8/h5-7,15H,14H2,1-4H3. The maximum atomic E-state index is 13.2. The van der Waals surface area contributed by atoms with Crippen molar-refractivity contribution >= 4 is 5.69 Å². The zero-order valence-corrected chi connectivity index (χ0v) is 10.0. The van der Waals surface area contributed by atoms with E-state index < -0.39 is 17.0 Å². The molecule has 16 heavy (non-hydrogen) atoms. The lowest BCUT2D eigenvalue weighted by atomic mass is 9.89. The molecule has 0 aliphatic carbocycles. The molecule has 0 unspecified atom stereocenters. The lowest BCUT2D eigenvalue weighted by molar-refractivity contribution is -0.0907. The number of hydrogen-bond donors (Lipinski definition) is 2. The second kappa shape index (κ2) is 3.94. The molecular weight excluding hydrogens is 209 g/mol.